The van der Waals surface area contributed by atoms with Crippen LogP contribution in [0.15, 0.2) is 16.3 Å². The van der Waals surface area contributed by atoms with Crippen LogP contribution in [0, 0.1) is 0 Å². The first-order valence-corrected chi connectivity index (χ1v) is 9.17. The molecule has 0 aliphatic carbocycles. The molecular weight excluding hydrogens is 294 g/mol. The van der Waals surface area contributed by atoms with Gasteiger partial charge in [-0.15, -0.1) is 11.3 Å². The van der Waals surface area contributed by atoms with Crippen molar-refractivity contribution in [2.45, 2.75) is 37.8 Å². The Morgan fingerprint density at radius 3 is 2.70 bits per heavy atom. The van der Waals surface area contributed by atoms with Crippen LogP contribution in [-0.2, 0) is 16.6 Å². The highest BCUT2D eigenvalue weighted by Gasteiger charge is 2.17. The van der Waals surface area contributed by atoms with Crippen molar-refractivity contribution < 1.29 is 8.42 Å². The van der Waals surface area contributed by atoms with E-state index >= 15 is 0 Å². The first kappa shape index (κ1) is 17.6. The van der Waals surface area contributed by atoms with Gasteiger partial charge in [-0.2, -0.15) is 0 Å². The molecule has 0 fully saturated rings. The molecule has 20 heavy (non-hydrogen) atoms. The first-order chi connectivity index (χ1) is 9.36. The maximum atomic E-state index is 12.2. The van der Waals surface area contributed by atoms with Crippen LogP contribution in [0.4, 0.5) is 0 Å². The number of nitrogens with zero attached hydrogens (tertiary/aromatic N) is 1. The van der Waals surface area contributed by atoms with Gasteiger partial charge in [0.15, 0.2) is 0 Å². The lowest BCUT2D eigenvalue weighted by Crippen LogP contribution is -2.38. The third-order valence-electron chi connectivity index (χ3n) is 3.12. The fourth-order valence-electron chi connectivity index (χ4n) is 1.48. The number of hydrogen-bond donors (Lipinski definition) is 2. The minimum atomic E-state index is -3.39. The van der Waals surface area contributed by atoms with E-state index in [2.05, 4.69) is 17.0 Å². The van der Waals surface area contributed by atoms with E-state index in [4.69, 9.17) is 0 Å². The Labute approximate surface area is 126 Å². The van der Waals surface area contributed by atoms with E-state index in [1.54, 1.807) is 11.4 Å². The van der Waals surface area contributed by atoms with Gasteiger partial charge in [-0.3, -0.25) is 0 Å². The second kappa shape index (κ2) is 8.09. The van der Waals surface area contributed by atoms with Gasteiger partial charge in [-0.25, -0.2) is 13.1 Å². The monoisotopic (exact) mass is 319 g/mol. The Balaban J connectivity index is 2.59. The van der Waals surface area contributed by atoms with Crippen molar-refractivity contribution in [3.05, 3.63) is 16.3 Å². The molecule has 0 saturated heterocycles. The minimum Gasteiger partial charge on any atom is -0.312 e. The van der Waals surface area contributed by atoms with Crippen LogP contribution in [0.1, 0.15) is 25.1 Å². The van der Waals surface area contributed by atoms with Crippen LogP contribution < -0.4 is 10.0 Å². The van der Waals surface area contributed by atoms with Crippen LogP contribution >= 0.6 is 11.3 Å². The highest BCUT2D eigenvalue weighted by molar-refractivity contribution is 7.89. The molecule has 1 aromatic rings. The number of likely N-dealkylation sites (N-methyl/N-ethyl adjacent to an activating group) is 1. The summed E-state index contributed by atoms with van der Waals surface area (Å²) in [5.41, 5.74) is 0. The molecule has 1 unspecified atom stereocenters. The van der Waals surface area contributed by atoms with Gasteiger partial charge in [0, 0.05) is 29.4 Å². The second-order valence-corrected chi connectivity index (χ2v) is 7.85. The van der Waals surface area contributed by atoms with Gasteiger partial charge in [-0.1, -0.05) is 6.92 Å². The lowest BCUT2D eigenvalue weighted by molar-refractivity contribution is 0.314. The second-order valence-electron chi connectivity index (χ2n) is 5.09. The van der Waals surface area contributed by atoms with Crippen molar-refractivity contribution in [1.82, 2.24) is 14.9 Å². The summed E-state index contributed by atoms with van der Waals surface area (Å²) < 4.78 is 27.0. The molecule has 2 N–H and O–H groups in total. The summed E-state index contributed by atoms with van der Waals surface area (Å²) in [6, 6.07) is 1.91. The summed E-state index contributed by atoms with van der Waals surface area (Å²) in [7, 11) is 0.471. The summed E-state index contributed by atoms with van der Waals surface area (Å²) in [6.45, 7) is 6.17. The molecule has 0 aliphatic heterocycles. The molecule has 1 rings (SSSR count). The number of hydrogen-bond acceptors (Lipinski definition) is 5. The van der Waals surface area contributed by atoms with Gasteiger partial charge < -0.3 is 10.2 Å². The molecule has 7 heteroatoms. The predicted octanol–water partition coefficient (Wildman–Crippen LogP) is 1.48. The van der Waals surface area contributed by atoms with E-state index in [-0.39, 0.29) is 6.04 Å². The molecule has 0 radical (unpaired) electrons. The average Bonchev–Trinajstić information content (AvgIpc) is 2.86. The number of rotatable bonds is 9. The molecule has 0 amide bonds. The van der Waals surface area contributed by atoms with Crippen molar-refractivity contribution in [2.75, 3.05) is 27.2 Å². The Morgan fingerprint density at radius 1 is 1.40 bits per heavy atom. The Morgan fingerprint density at radius 2 is 2.10 bits per heavy atom. The first-order valence-electron chi connectivity index (χ1n) is 6.81. The Kier molecular flexibility index (Phi) is 7.11. The lowest BCUT2D eigenvalue weighted by atomic mass is 10.3. The van der Waals surface area contributed by atoms with Crippen molar-refractivity contribution in [2.24, 2.45) is 0 Å². The zero-order valence-corrected chi connectivity index (χ0v) is 14.3. The zero-order chi connectivity index (χ0) is 15.2. The standard InChI is InChI=1S/C13H25N3O2S2/c1-5-6-14-9-12-7-13(10-19-12)20(17,18)15-8-11(2)16(3)4/h7,10-11,14-15H,5-6,8-9H2,1-4H3. The largest absolute Gasteiger partial charge is 0.312 e. The minimum absolute atomic E-state index is 0.161. The van der Waals surface area contributed by atoms with Gasteiger partial charge in [-0.05, 0) is 40.1 Å². The summed E-state index contributed by atoms with van der Waals surface area (Å²) in [4.78, 5) is 3.39. The zero-order valence-electron chi connectivity index (χ0n) is 12.6. The fourth-order valence-corrected chi connectivity index (χ4v) is 3.84. The summed E-state index contributed by atoms with van der Waals surface area (Å²) in [6.07, 6.45) is 1.07. The van der Waals surface area contributed by atoms with Crippen molar-refractivity contribution in [3.8, 4) is 0 Å². The molecule has 0 bridgehead atoms. The Bertz CT molecular complexity index is 497. The SMILES string of the molecule is CCCNCc1cc(S(=O)(=O)NCC(C)N(C)C)cs1. The highest BCUT2D eigenvalue weighted by Crippen LogP contribution is 2.19. The normalized spacial score (nSPS) is 13.8. The molecular formula is C13H25N3O2S2. The topological polar surface area (TPSA) is 61.4 Å². The molecule has 116 valence electrons. The lowest BCUT2D eigenvalue weighted by Gasteiger charge is -2.19. The van der Waals surface area contributed by atoms with Gasteiger partial charge in [0.1, 0.15) is 0 Å². The molecule has 0 aliphatic rings. The third-order valence-corrected chi connectivity index (χ3v) is 5.61. The van der Waals surface area contributed by atoms with Crippen LogP contribution in [0.3, 0.4) is 0 Å². The van der Waals surface area contributed by atoms with E-state index in [0.717, 1.165) is 24.4 Å². The van der Waals surface area contributed by atoms with Crippen molar-refractivity contribution in [1.29, 1.82) is 0 Å². The molecule has 1 heterocycles. The Hall–Kier alpha value is -0.470. The van der Waals surface area contributed by atoms with Gasteiger partial charge in [0.25, 0.3) is 0 Å². The molecule has 0 saturated carbocycles. The molecule has 1 aromatic heterocycles. The smallest absolute Gasteiger partial charge is 0.241 e. The number of sulfonamides is 1. The van der Waals surface area contributed by atoms with E-state index < -0.39 is 10.0 Å². The molecule has 0 aromatic carbocycles. The summed E-state index contributed by atoms with van der Waals surface area (Å²) in [5, 5.41) is 4.97. The highest BCUT2D eigenvalue weighted by atomic mass is 32.2. The van der Waals surface area contributed by atoms with Gasteiger partial charge >= 0.3 is 0 Å². The van der Waals surface area contributed by atoms with Crippen LogP contribution in [0.5, 0.6) is 0 Å². The summed E-state index contributed by atoms with van der Waals surface area (Å²) in [5.74, 6) is 0. The molecule has 1 atom stereocenters. The maximum absolute atomic E-state index is 12.2. The fraction of sp³-hybridized carbons (Fsp3) is 0.692. The molecule has 5 nitrogen and oxygen atoms in total. The van der Waals surface area contributed by atoms with E-state index in [1.807, 2.05) is 25.9 Å². The van der Waals surface area contributed by atoms with Gasteiger partial charge in [0.05, 0.1) is 4.90 Å². The molecule has 0 spiro atoms. The van der Waals surface area contributed by atoms with Gasteiger partial charge in [0.2, 0.25) is 10.0 Å². The van der Waals surface area contributed by atoms with Crippen LogP contribution in [0.25, 0.3) is 0 Å². The third kappa shape index (κ3) is 5.49. The van der Waals surface area contributed by atoms with Crippen LogP contribution in [-0.4, -0.2) is 46.5 Å². The number of thiophene rings is 1. The maximum Gasteiger partial charge on any atom is 0.241 e. The van der Waals surface area contributed by atoms with Crippen molar-refractivity contribution in [3.63, 3.8) is 0 Å². The summed E-state index contributed by atoms with van der Waals surface area (Å²) >= 11 is 1.48. The predicted molar refractivity (Wildman–Crippen MR) is 84.7 cm³/mol. The van der Waals surface area contributed by atoms with E-state index in [0.29, 0.717) is 11.4 Å². The van der Waals surface area contributed by atoms with Crippen LogP contribution in [0.2, 0.25) is 0 Å². The average molecular weight is 319 g/mol. The quantitative estimate of drug-likeness (QED) is 0.677. The number of nitrogens with one attached hydrogen (secondary N) is 2. The van der Waals surface area contributed by atoms with Crippen molar-refractivity contribution >= 4 is 21.4 Å². The van der Waals surface area contributed by atoms with E-state index in [1.165, 1.54) is 11.3 Å². The van der Waals surface area contributed by atoms with E-state index in [9.17, 15) is 8.42 Å².